The van der Waals surface area contributed by atoms with Crippen molar-refractivity contribution >= 4 is 27.3 Å². The molecule has 1 atom stereocenters. The molecule has 0 saturated carbocycles. The molecule has 6 rings (SSSR count). The number of nitrogens with zero attached hydrogens (tertiary/aromatic N) is 1. The van der Waals surface area contributed by atoms with Gasteiger partial charge in [0, 0.05) is 22.5 Å². The number of aryl methyl sites for hydroxylation is 1. The topological polar surface area (TPSA) is 188 Å². The minimum atomic E-state index is 0. The summed E-state index contributed by atoms with van der Waals surface area (Å²) >= 11 is 1.72. The fourth-order valence-electron chi connectivity index (χ4n) is 5.68. The number of hydrogen-bond acceptors (Lipinski definition) is 5. The molecule has 0 radical (unpaired) electrons. The van der Waals surface area contributed by atoms with Crippen molar-refractivity contribution in [2.75, 3.05) is 19.7 Å². The summed E-state index contributed by atoms with van der Waals surface area (Å²) in [5.41, 5.74) is 6.51. The van der Waals surface area contributed by atoms with Crippen LogP contribution < -0.4 is 10.1 Å². The van der Waals surface area contributed by atoms with E-state index in [-0.39, 0.29) is 33.9 Å². The first-order valence-corrected chi connectivity index (χ1v) is 14.7. The summed E-state index contributed by atoms with van der Waals surface area (Å²) in [5, 5.41) is 14.3. The number of likely N-dealkylation sites (tertiary alicyclic amines) is 1. The number of carbonyl (C=O) groups is 1. The Kier molecular flexibility index (Phi) is 15.0. The number of benzene rings is 3. The summed E-state index contributed by atoms with van der Waals surface area (Å²) in [6.45, 7) is 6.18. The number of phenolic OH excluding ortho intramolecular Hbond substituents is 1. The maximum atomic E-state index is 11.4. The molecule has 0 aliphatic carbocycles. The van der Waals surface area contributed by atoms with Gasteiger partial charge in [-0.2, -0.15) is 0 Å². The first-order valence-electron chi connectivity index (χ1n) is 13.9. The zero-order valence-electron chi connectivity index (χ0n) is 25.0. The van der Waals surface area contributed by atoms with Crippen LogP contribution in [0.2, 0.25) is 0 Å². The van der Waals surface area contributed by atoms with Gasteiger partial charge in [0.25, 0.3) is 0 Å². The molecule has 9 nitrogen and oxygen atoms in total. The molecule has 2 fully saturated rings. The number of amides is 1. The standard InChI is InChI=1S/C32H34N2O3S.C2H2.4H2O/c1-21-16-22(4-5-24(21)19-34-14-2-3-15-34)17-29-28-12-9-26(35)18-30(28)38-32(29)23-6-10-27(11-7-23)37-20-25-8-13-31(36)33-25;1-2;;;;/h4-7,9-12,16,18,25,35H,2-3,8,13-15,17,19-20H2,1H3,(H,33,36);1-2H;4*1H2. The number of nitrogens with one attached hydrogen (secondary N) is 1. The number of ether oxygens (including phenoxy) is 1. The first-order chi connectivity index (χ1) is 19.5. The number of carbonyl (C=O) groups excluding carboxylic acids is 1. The van der Waals surface area contributed by atoms with E-state index in [1.807, 2.05) is 24.3 Å². The third kappa shape index (κ3) is 8.80. The molecule has 44 heavy (non-hydrogen) atoms. The lowest BCUT2D eigenvalue weighted by Gasteiger charge is -2.17. The molecule has 1 amide bonds. The van der Waals surface area contributed by atoms with Crippen molar-refractivity contribution in [2.45, 2.75) is 51.6 Å². The Morgan fingerprint density at radius 1 is 0.977 bits per heavy atom. The van der Waals surface area contributed by atoms with Gasteiger partial charge >= 0.3 is 0 Å². The van der Waals surface area contributed by atoms with E-state index in [4.69, 9.17) is 4.74 Å². The number of hydrogen-bond donors (Lipinski definition) is 2. The second kappa shape index (κ2) is 17.4. The van der Waals surface area contributed by atoms with E-state index in [1.54, 1.807) is 17.4 Å². The lowest BCUT2D eigenvalue weighted by molar-refractivity contribution is -0.119. The number of thiophene rings is 1. The fraction of sp³-hybridized carbons (Fsp3) is 0.324. The van der Waals surface area contributed by atoms with Crippen molar-refractivity contribution in [3.8, 4) is 34.8 Å². The average molecular weight is 625 g/mol. The van der Waals surface area contributed by atoms with E-state index in [9.17, 15) is 9.90 Å². The minimum absolute atomic E-state index is 0. The van der Waals surface area contributed by atoms with E-state index in [2.05, 4.69) is 60.3 Å². The molecule has 10 N–H and O–H groups in total. The molecule has 10 heteroatoms. The predicted molar refractivity (Wildman–Crippen MR) is 178 cm³/mol. The maximum Gasteiger partial charge on any atom is 0.220 e. The van der Waals surface area contributed by atoms with Crippen LogP contribution >= 0.6 is 11.3 Å². The van der Waals surface area contributed by atoms with Crippen LogP contribution in [0.5, 0.6) is 11.5 Å². The molecule has 2 aliphatic rings. The number of aromatic hydroxyl groups is 1. The molecule has 3 aromatic carbocycles. The smallest absolute Gasteiger partial charge is 0.220 e. The van der Waals surface area contributed by atoms with E-state index in [1.165, 1.54) is 58.4 Å². The zero-order valence-corrected chi connectivity index (χ0v) is 25.8. The Labute approximate surface area is 262 Å². The van der Waals surface area contributed by atoms with Gasteiger partial charge in [-0.1, -0.05) is 18.2 Å². The molecule has 2 saturated heterocycles. The van der Waals surface area contributed by atoms with Gasteiger partial charge in [0.05, 0.1) is 6.04 Å². The monoisotopic (exact) mass is 624 g/mol. The molecular formula is C34H44N2O7S. The summed E-state index contributed by atoms with van der Waals surface area (Å²) in [6, 6.07) is 21.0. The third-order valence-electron chi connectivity index (χ3n) is 7.81. The first kappa shape index (κ1) is 38.1. The highest BCUT2D eigenvalue weighted by Gasteiger charge is 2.21. The van der Waals surface area contributed by atoms with Crippen LogP contribution in [0.25, 0.3) is 20.5 Å². The molecule has 2 aliphatic heterocycles. The molecular weight excluding hydrogens is 580 g/mol. The summed E-state index contributed by atoms with van der Waals surface area (Å²) in [4.78, 5) is 15.2. The molecule has 0 bridgehead atoms. The van der Waals surface area contributed by atoms with Gasteiger partial charge in [-0.15, -0.1) is 24.2 Å². The van der Waals surface area contributed by atoms with Crippen LogP contribution in [-0.4, -0.2) is 63.6 Å². The number of rotatable bonds is 8. The highest BCUT2D eigenvalue weighted by atomic mass is 32.1. The number of fused-ring (bicyclic) bond motifs is 1. The summed E-state index contributed by atoms with van der Waals surface area (Å²) in [5.74, 6) is 1.20. The summed E-state index contributed by atoms with van der Waals surface area (Å²) < 4.78 is 7.05. The molecule has 1 unspecified atom stereocenters. The molecule has 0 spiro atoms. The molecule has 1 aromatic heterocycles. The molecule has 4 aromatic rings. The van der Waals surface area contributed by atoms with E-state index in [0.717, 1.165) is 35.4 Å². The van der Waals surface area contributed by atoms with E-state index >= 15 is 0 Å². The van der Waals surface area contributed by atoms with Crippen LogP contribution in [0.3, 0.4) is 0 Å². The van der Waals surface area contributed by atoms with Gasteiger partial charge in [0.1, 0.15) is 18.1 Å². The SMILES string of the molecule is C#C.Cc1cc(Cc2c(-c3ccc(OCC4CCC(=O)N4)cc3)sc3cc(O)ccc23)ccc1CN1CCCC1.O.O.O.O. The lowest BCUT2D eigenvalue weighted by Crippen LogP contribution is -2.30. The maximum absolute atomic E-state index is 11.4. The Hall–Kier alpha value is -3.95. The van der Waals surface area contributed by atoms with Crippen LogP contribution in [0, 0.1) is 19.8 Å². The molecule has 238 valence electrons. The van der Waals surface area contributed by atoms with Crippen molar-refractivity contribution in [3.05, 3.63) is 82.9 Å². The van der Waals surface area contributed by atoms with Crippen LogP contribution in [0.4, 0.5) is 0 Å². The second-order valence-corrected chi connectivity index (χ2v) is 11.7. The average Bonchev–Trinajstić information content (AvgIpc) is 3.71. The van der Waals surface area contributed by atoms with Gasteiger partial charge in [-0.3, -0.25) is 9.69 Å². The number of phenols is 1. The summed E-state index contributed by atoms with van der Waals surface area (Å²) in [6.07, 6.45) is 12.9. The third-order valence-corrected chi connectivity index (χ3v) is 9.05. The quantitative estimate of drug-likeness (QED) is 0.285. The van der Waals surface area contributed by atoms with Crippen molar-refractivity contribution in [2.24, 2.45) is 0 Å². The Morgan fingerprint density at radius 3 is 2.32 bits per heavy atom. The van der Waals surface area contributed by atoms with Crippen molar-refractivity contribution in [1.29, 1.82) is 0 Å². The highest BCUT2D eigenvalue weighted by Crippen LogP contribution is 2.41. The van der Waals surface area contributed by atoms with Crippen molar-refractivity contribution < 1.29 is 36.5 Å². The van der Waals surface area contributed by atoms with Crippen molar-refractivity contribution in [1.82, 2.24) is 10.2 Å². The van der Waals surface area contributed by atoms with Gasteiger partial charge in [-0.25, -0.2) is 0 Å². The Balaban J connectivity index is 0.00000158. The second-order valence-electron chi connectivity index (χ2n) is 10.6. The van der Waals surface area contributed by atoms with Gasteiger partial charge in [-0.05, 0) is 121 Å². The Bertz CT molecular complexity index is 1510. The van der Waals surface area contributed by atoms with Gasteiger partial charge in [0.2, 0.25) is 5.91 Å². The van der Waals surface area contributed by atoms with Crippen molar-refractivity contribution in [3.63, 3.8) is 0 Å². The van der Waals surface area contributed by atoms with Crippen LogP contribution in [0.15, 0.2) is 60.7 Å². The van der Waals surface area contributed by atoms with Crippen LogP contribution in [0.1, 0.15) is 47.9 Å². The normalized spacial score (nSPS) is 15.4. The van der Waals surface area contributed by atoms with E-state index in [0.29, 0.717) is 18.8 Å². The zero-order chi connectivity index (χ0) is 28.1. The highest BCUT2D eigenvalue weighted by molar-refractivity contribution is 7.22. The van der Waals surface area contributed by atoms with Crippen LogP contribution in [-0.2, 0) is 17.8 Å². The predicted octanol–water partition coefficient (Wildman–Crippen LogP) is 3.38. The largest absolute Gasteiger partial charge is 0.508 e. The Morgan fingerprint density at radius 2 is 1.68 bits per heavy atom. The minimum Gasteiger partial charge on any atom is -0.508 e. The molecule has 3 heterocycles. The number of terminal acetylenes is 1. The van der Waals surface area contributed by atoms with E-state index < -0.39 is 0 Å². The summed E-state index contributed by atoms with van der Waals surface area (Å²) in [7, 11) is 0. The van der Waals surface area contributed by atoms with Gasteiger partial charge in [0.15, 0.2) is 0 Å². The van der Waals surface area contributed by atoms with Gasteiger partial charge < -0.3 is 37.1 Å². The fourth-order valence-corrected chi connectivity index (χ4v) is 6.94. The lowest BCUT2D eigenvalue weighted by atomic mass is 9.96.